The first-order valence-corrected chi connectivity index (χ1v) is 4.80. The maximum atomic E-state index is 12.3. The minimum atomic E-state index is -2.86. The van der Waals surface area contributed by atoms with Gasteiger partial charge in [-0.2, -0.15) is 0 Å². The van der Waals surface area contributed by atoms with Gasteiger partial charge in [0.2, 0.25) is 0 Å². The molecule has 88 valence electrons. The van der Waals surface area contributed by atoms with Crippen LogP contribution in [0.15, 0.2) is 10.9 Å². The Labute approximate surface area is 93.9 Å². The van der Waals surface area contributed by atoms with E-state index in [-0.39, 0.29) is 17.1 Å². The minimum absolute atomic E-state index is 0.00784. The number of carboxylic acid groups (broad SMARTS) is 1. The van der Waals surface area contributed by atoms with Crippen molar-refractivity contribution in [2.45, 2.75) is 18.7 Å². The van der Waals surface area contributed by atoms with Crippen LogP contribution in [-0.4, -0.2) is 16.1 Å². The van der Waals surface area contributed by atoms with E-state index >= 15 is 0 Å². The van der Waals surface area contributed by atoms with Gasteiger partial charge in [0.05, 0.1) is 18.0 Å². The molecule has 0 saturated heterocycles. The first-order valence-electron chi connectivity index (χ1n) is 4.26. The summed E-state index contributed by atoms with van der Waals surface area (Å²) in [6, 6.07) is 0.730. The van der Waals surface area contributed by atoms with Gasteiger partial charge < -0.3 is 10.1 Å². The van der Waals surface area contributed by atoms with E-state index in [0.717, 1.165) is 6.07 Å². The Morgan fingerprint density at radius 2 is 2.19 bits per heavy atom. The number of aromatic amines is 1. The molecule has 2 N–H and O–H groups in total. The zero-order valence-electron chi connectivity index (χ0n) is 7.97. The fourth-order valence-corrected chi connectivity index (χ4v) is 1.52. The predicted octanol–water partition coefficient (Wildman–Crippen LogP) is 1.68. The lowest BCUT2D eigenvalue weighted by molar-refractivity contribution is -0.136. The maximum Gasteiger partial charge on any atom is 0.309 e. The van der Waals surface area contributed by atoms with Crippen LogP contribution in [0.5, 0.6) is 0 Å². The molecule has 0 saturated carbocycles. The Bertz CT molecular complexity index is 459. The summed E-state index contributed by atoms with van der Waals surface area (Å²) in [6.07, 6.45) is -3.40. The first kappa shape index (κ1) is 12.6. The second-order valence-electron chi connectivity index (χ2n) is 3.05. The summed E-state index contributed by atoms with van der Waals surface area (Å²) in [7, 11) is 0. The number of hydrogen-bond acceptors (Lipinski definition) is 2. The smallest absolute Gasteiger partial charge is 0.309 e. The van der Waals surface area contributed by atoms with Crippen molar-refractivity contribution in [2.24, 2.45) is 0 Å². The second kappa shape index (κ2) is 5.07. The number of alkyl halides is 3. The molecule has 1 rings (SSSR count). The number of hydrogen-bond donors (Lipinski definition) is 2. The third kappa shape index (κ3) is 2.79. The summed E-state index contributed by atoms with van der Waals surface area (Å²) >= 11 is 5.45. The number of carboxylic acids is 1. The van der Waals surface area contributed by atoms with Crippen molar-refractivity contribution < 1.29 is 18.7 Å². The molecular formula is C9H8ClF2NO3. The van der Waals surface area contributed by atoms with Crippen LogP contribution in [0.2, 0.25) is 0 Å². The van der Waals surface area contributed by atoms with E-state index in [1.165, 1.54) is 0 Å². The third-order valence-electron chi connectivity index (χ3n) is 1.94. The summed E-state index contributed by atoms with van der Waals surface area (Å²) in [5.74, 6) is -1.45. The van der Waals surface area contributed by atoms with E-state index in [4.69, 9.17) is 16.7 Å². The Hall–Kier alpha value is -1.43. The minimum Gasteiger partial charge on any atom is -0.481 e. The maximum absolute atomic E-state index is 12.3. The molecule has 0 amide bonds. The van der Waals surface area contributed by atoms with Gasteiger partial charge in [-0.25, -0.2) is 8.78 Å². The number of rotatable bonds is 4. The van der Waals surface area contributed by atoms with Gasteiger partial charge in [-0.1, -0.05) is 0 Å². The van der Waals surface area contributed by atoms with E-state index < -0.39 is 29.9 Å². The van der Waals surface area contributed by atoms with Crippen molar-refractivity contribution in [1.82, 2.24) is 4.98 Å². The molecule has 0 radical (unpaired) electrons. The standard InChI is InChI=1S/C9H8ClF2NO3/c10-3-4-5(2-8(15)16)13-6(9(11)12)1-7(4)14/h1,9H,2-3H2,(H,13,14)(H,15,16). The number of aliphatic carboxylic acids is 1. The summed E-state index contributed by atoms with van der Waals surface area (Å²) in [6.45, 7) is 0. The molecule has 0 atom stereocenters. The van der Waals surface area contributed by atoms with Crippen LogP contribution in [-0.2, 0) is 17.1 Å². The van der Waals surface area contributed by atoms with Crippen LogP contribution in [0.3, 0.4) is 0 Å². The lowest BCUT2D eigenvalue weighted by Gasteiger charge is -2.07. The van der Waals surface area contributed by atoms with Crippen molar-refractivity contribution in [1.29, 1.82) is 0 Å². The van der Waals surface area contributed by atoms with E-state index in [2.05, 4.69) is 4.98 Å². The third-order valence-corrected chi connectivity index (χ3v) is 2.21. The molecule has 0 bridgehead atoms. The van der Waals surface area contributed by atoms with Crippen molar-refractivity contribution >= 4 is 17.6 Å². The van der Waals surface area contributed by atoms with Crippen LogP contribution in [0, 0.1) is 0 Å². The van der Waals surface area contributed by atoms with E-state index in [9.17, 15) is 18.4 Å². The van der Waals surface area contributed by atoms with Crippen molar-refractivity contribution in [3.05, 3.63) is 33.2 Å². The zero-order valence-corrected chi connectivity index (χ0v) is 8.72. The molecule has 1 heterocycles. The molecule has 0 aliphatic rings. The molecular weight excluding hydrogens is 244 g/mol. The van der Waals surface area contributed by atoms with Crippen LogP contribution >= 0.6 is 11.6 Å². The van der Waals surface area contributed by atoms with Gasteiger partial charge in [0, 0.05) is 17.3 Å². The summed E-state index contributed by atoms with van der Waals surface area (Å²) in [4.78, 5) is 24.0. The molecule has 1 aromatic rings. The Balaban J connectivity index is 3.30. The summed E-state index contributed by atoms with van der Waals surface area (Å²) in [5.41, 5.74) is -1.35. The van der Waals surface area contributed by atoms with Gasteiger partial charge >= 0.3 is 5.97 Å². The largest absolute Gasteiger partial charge is 0.481 e. The fraction of sp³-hybridized carbons (Fsp3) is 0.333. The Kier molecular flexibility index (Phi) is 4.00. The van der Waals surface area contributed by atoms with Crippen molar-refractivity contribution in [2.75, 3.05) is 0 Å². The van der Waals surface area contributed by atoms with E-state index in [1.54, 1.807) is 0 Å². The monoisotopic (exact) mass is 251 g/mol. The van der Waals surface area contributed by atoms with Crippen LogP contribution in [0.4, 0.5) is 8.78 Å². The summed E-state index contributed by atoms with van der Waals surface area (Å²) < 4.78 is 24.7. The van der Waals surface area contributed by atoms with Gasteiger partial charge in [-0.05, 0) is 0 Å². The number of aromatic nitrogens is 1. The predicted molar refractivity (Wildman–Crippen MR) is 52.9 cm³/mol. The topological polar surface area (TPSA) is 70.2 Å². The molecule has 0 fully saturated rings. The lowest BCUT2D eigenvalue weighted by atomic mass is 10.1. The number of nitrogens with one attached hydrogen (secondary N) is 1. The highest BCUT2D eigenvalue weighted by Crippen LogP contribution is 2.17. The van der Waals surface area contributed by atoms with Gasteiger partial charge in [0.1, 0.15) is 0 Å². The zero-order chi connectivity index (χ0) is 12.3. The molecule has 0 aliphatic carbocycles. The molecule has 4 nitrogen and oxygen atoms in total. The average Bonchev–Trinajstić information content (AvgIpc) is 2.16. The first-order chi connectivity index (χ1) is 7.45. The second-order valence-corrected chi connectivity index (χ2v) is 3.32. The molecule has 7 heteroatoms. The highest BCUT2D eigenvalue weighted by molar-refractivity contribution is 6.17. The molecule has 0 aliphatic heterocycles. The molecule has 0 unspecified atom stereocenters. The number of carbonyl (C=O) groups is 1. The van der Waals surface area contributed by atoms with E-state index in [1.807, 2.05) is 0 Å². The van der Waals surface area contributed by atoms with Gasteiger partial charge in [-0.15, -0.1) is 11.6 Å². The molecule has 0 aromatic carbocycles. The van der Waals surface area contributed by atoms with Gasteiger partial charge in [0.25, 0.3) is 6.43 Å². The normalized spacial score (nSPS) is 10.8. The van der Waals surface area contributed by atoms with Gasteiger partial charge in [-0.3, -0.25) is 9.59 Å². The fourth-order valence-electron chi connectivity index (χ4n) is 1.23. The quantitative estimate of drug-likeness (QED) is 0.800. The molecule has 16 heavy (non-hydrogen) atoms. The lowest BCUT2D eigenvalue weighted by Crippen LogP contribution is -2.17. The number of pyridine rings is 1. The van der Waals surface area contributed by atoms with Crippen molar-refractivity contribution in [3.8, 4) is 0 Å². The van der Waals surface area contributed by atoms with Crippen LogP contribution < -0.4 is 5.43 Å². The SMILES string of the molecule is O=C(O)Cc1[nH]c(C(F)F)cc(=O)c1CCl. The Morgan fingerprint density at radius 3 is 2.62 bits per heavy atom. The van der Waals surface area contributed by atoms with Crippen LogP contribution in [0.25, 0.3) is 0 Å². The highest BCUT2D eigenvalue weighted by Gasteiger charge is 2.16. The molecule has 0 spiro atoms. The van der Waals surface area contributed by atoms with Crippen molar-refractivity contribution in [3.63, 3.8) is 0 Å². The van der Waals surface area contributed by atoms with E-state index in [0.29, 0.717) is 0 Å². The van der Waals surface area contributed by atoms with Crippen LogP contribution in [0.1, 0.15) is 23.4 Å². The molecule has 1 aromatic heterocycles. The average molecular weight is 252 g/mol. The highest BCUT2D eigenvalue weighted by atomic mass is 35.5. The van der Waals surface area contributed by atoms with Gasteiger partial charge in [0.15, 0.2) is 5.43 Å². The number of halogens is 3. The Morgan fingerprint density at radius 1 is 1.56 bits per heavy atom. The summed E-state index contributed by atoms with van der Waals surface area (Å²) in [5, 5.41) is 8.55. The number of H-pyrrole nitrogens is 1.